The zero-order valence-electron chi connectivity index (χ0n) is 15.7. The van der Waals surface area contributed by atoms with Gasteiger partial charge in [0.1, 0.15) is 5.03 Å². The molecule has 0 radical (unpaired) electrons. The number of carbonyl (C=O) groups is 2. The van der Waals surface area contributed by atoms with Crippen molar-refractivity contribution in [2.45, 2.75) is 43.2 Å². The van der Waals surface area contributed by atoms with E-state index in [1.165, 1.54) is 16.7 Å². The van der Waals surface area contributed by atoms with Gasteiger partial charge in [-0.25, -0.2) is 4.98 Å². The third-order valence-electron chi connectivity index (χ3n) is 3.48. The number of nitrogens with zero attached hydrogens (tertiary/aromatic N) is 2. The van der Waals surface area contributed by atoms with Crippen molar-refractivity contribution in [2.24, 2.45) is 0 Å². The summed E-state index contributed by atoms with van der Waals surface area (Å²) in [6.45, 7) is 8.08. The Balaban J connectivity index is 2.18. The van der Waals surface area contributed by atoms with E-state index in [2.05, 4.69) is 10.3 Å². The van der Waals surface area contributed by atoms with E-state index in [9.17, 15) is 9.59 Å². The van der Waals surface area contributed by atoms with Gasteiger partial charge in [-0.15, -0.1) is 0 Å². The molecule has 0 aliphatic rings. The second-order valence-electron chi connectivity index (χ2n) is 6.89. The minimum Gasteiger partial charge on any atom is -0.350 e. The van der Waals surface area contributed by atoms with Crippen LogP contribution in [0, 0.1) is 0 Å². The molecule has 0 aliphatic heterocycles. The summed E-state index contributed by atoms with van der Waals surface area (Å²) in [6, 6.07) is 13.3. The predicted molar refractivity (Wildman–Crippen MR) is 104 cm³/mol. The Hall–Kier alpha value is -2.34. The number of benzene rings is 1. The van der Waals surface area contributed by atoms with Gasteiger partial charge in [-0.2, -0.15) is 0 Å². The van der Waals surface area contributed by atoms with Crippen LogP contribution in [0.1, 0.15) is 38.1 Å². The monoisotopic (exact) mass is 371 g/mol. The number of pyridine rings is 1. The first kappa shape index (κ1) is 20.0. The van der Waals surface area contributed by atoms with Crippen molar-refractivity contribution >= 4 is 23.6 Å². The van der Waals surface area contributed by atoms with Gasteiger partial charge in [0.2, 0.25) is 5.91 Å². The van der Waals surface area contributed by atoms with E-state index < -0.39 is 0 Å². The van der Waals surface area contributed by atoms with E-state index in [4.69, 9.17) is 0 Å². The molecule has 0 saturated heterocycles. The predicted octanol–water partition coefficient (Wildman–Crippen LogP) is 3.61. The highest BCUT2D eigenvalue weighted by atomic mass is 32.2. The summed E-state index contributed by atoms with van der Waals surface area (Å²) < 4.78 is 0. The molecule has 0 spiro atoms. The fourth-order valence-corrected chi connectivity index (χ4v) is 3.26. The maximum absolute atomic E-state index is 13.0. The number of carbonyl (C=O) groups excluding carboxylic acids is 2. The number of aromatic nitrogens is 1. The Labute approximate surface area is 159 Å². The normalized spacial score (nSPS) is 11.1. The fraction of sp³-hybridized carbons (Fsp3) is 0.350. The zero-order valence-corrected chi connectivity index (χ0v) is 16.5. The Bertz CT molecular complexity index is 757. The van der Waals surface area contributed by atoms with Gasteiger partial charge in [-0.3, -0.25) is 9.59 Å². The van der Waals surface area contributed by atoms with Crippen molar-refractivity contribution in [3.63, 3.8) is 0 Å². The summed E-state index contributed by atoms with van der Waals surface area (Å²) in [7, 11) is 0. The molecule has 0 fully saturated rings. The highest BCUT2D eigenvalue weighted by Crippen LogP contribution is 2.28. The summed E-state index contributed by atoms with van der Waals surface area (Å²) >= 11 is 1.44. The van der Waals surface area contributed by atoms with Gasteiger partial charge in [0, 0.05) is 23.2 Å². The van der Waals surface area contributed by atoms with Gasteiger partial charge < -0.3 is 10.2 Å². The molecule has 0 aliphatic carbocycles. The SMILES string of the molecule is CCN(CC(=O)NC(C)(C)C)C(=O)c1cccnc1Sc1ccccc1. The average molecular weight is 372 g/mol. The Morgan fingerprint density at radius 3 is 2.42 bits per heavy atom. The molecule has 0 bridgehead atoms. The third kappa shape index (κ3) is 5.88. The zero-order chi connectivity index (χ0) is 19.2. The van der Waals surface area contributed by atoms with Crippen LogP contribution in [-0.4, -0.2) is 40.3 Å². The number of likely N-dealkylation sites (N-methyl/N-ethyl adjacent to an activating group) is 1. The average Bonchev–Trinajstić information content (AvgIpc) is 2.59. The van der Waals surface area contributed by atoms with E-state index in [-0.39, 0.29) is 23.9 Å². The largest absolute Gasteiger partial charge is 0.350 e. The third-order valence-corrected chi connectivity index (χ3v) is 4.50. The molecular formula is C20H25N3O2S. The smallest absolute Gasteiger partial charge is 0.257 e. The van der Waals surface area contributed by atoms with Crippen LogP contribution in [0.25, 0.3) is 0 Å². The molecule has 1 heterocycles. The van der Waals surface area contributed by atoms with Crippen molar-refractivity contribution in [3.05, 3.63) is 54.2 Å². The summed E-state index contributed by atoms with van der Waals surface area (Å²) in [6.07, 6.45) is 1.67. The first-order chi connectivity index (χ1) is 12.3. The maximum Gasteiger partial charge on any atom is 0.257 e. The molecule has 2 amide bonds. The van der Waals surface area contributed by atoms with Crippen LogP contribution in [0.2, 0.25) is 0 Å². The van der Waals surface area contributed by atoms with Gasteiger partial charge in [-0.05, 0) is 52.0 Å². The van der Waals surface area contributed by atoms with Crippen LogP contribution in [-0.2, 0) is 4.79 Å². The first-order valence-corrected chi connectivity index (χ1v) is 9.40. The van der Waals surface area contributed by atoms with Crippen molar-refractivity contribution in [1.29, 1.82) is 0 Å². The van der Waals surface area contributed by atoms with E-state index >= 15 is 0 Å². The van der Waals surface area contributed by atoms with Gasteiger partial charge in [0.25, 0.3) is 5.91 Å². The van der Waals surface area contributed by atoms with Gasteiger partial charge in [0.05, 0.1) is 12.1 Å². The van der Waals surface area contributed by atoms with E-state index in [1.807, 2.05) is 58.0 Å². The molecule has 1 aromatic heterocycles. The van der Waals surface area contributed by atoms with E-state index in [0.717, 1.165) is 4.90 Å². The van der Waals surface area contributed by atoms with Crippen LogP contribution < -0.4 is 5.32 Å². The molecule has 138 valence electrons. The topological polar surface area (TPSA) is 62.3 Å². The number of nitrogens with one attached hydrogen (secondary N) is 1. The summed E-state index contributed by atoms with van der Waals surface area (Å²) in [4.78, 5) is 32.1. The highest BCUT2D eigenvalue weighted by molar-refractivity contribution is 7.99. The first-order valence-electron chi connectivity index (χ1n) is 8.58. The van der Waals surface area contributed by atoms with Crippen LogP contribution in [0.3, 0.4) is 0 Å². The molecule has 1 N–H and O–H groups in total. The summed E-state index contributed by atoms with van der Waals surface area (Å²) in [5.41, 5.74) is 0.175. The molecule has 6 heteroatoms. The fourth-order valence-electron chi connectivity index (χ4n) is 2.36. The molecule has 1 aromatic carbocycles. The lowest BCUT2D eigenvalue weighted by molar-refractivity contribution is -0.123. The quantitative estimate of drug-likeness (QED) is 0.843. The molecular weight excluding hydrogens is 346 g/mol. The van der Waals surface area contributed by atoms with Crippen molar-refractivity contribution in [1.82, 2.24) is 15.2 Å². The molecule has 5 nitrogen and oxygen atoms in total. The molecule has 0 unspecified atom stereocenters. The van der Waals surface area contributed by atoms with Crippen LogP contribution in [0.5, 0.6) is 0 Å². The van der Waals surface area contributed by atoms with E-state index in [0.29, 0.717) is 17.1 Å². The van der Waals surface area contributed by atoms with Gasteiger partial charge in [0.15, 0.2) is 0 Å². The second kappa shape index (κ2) is 8.85. The minimum absolute atomic E-state index is 0.0247. The van der Waals surface area contributed by atoms with Crippen molar-refractivity contribution < 1.29 is 9.59 Å². The maximum atomic E-state index is 13.0. The number of rotatable bonds is 6. The van der Waals surface area contributed by atoms with Crippen LogP contribution in [0.4, 0.5) is 0 Å². The minimum atomic E-state index is -0.331. The molecule has 2 rings (SSSR count). The van der Waals surface area contributed by atoms with Gasteiger partial charge >= 0.3 is 0 Å². The number of amides is 2. The Morgan fingerprint density at radius 1 is 1.12 bits per heavy atom. The van der Waals surface area contributed by atoms with Crippen molar-refractivity contribution in [2.75, 3.05) is 13.1 Å². The molecule has 0 atom stereocenters. The van der Waals surface area contributed by atoms with Crippen LogP contribution >= 0.6 is 11.8 Å². The standard InChI is InChI=1S/C20H25N3O2S/c1-5-23(14-17(24)22-20(2,3)4)19(25)16-12-9-13-21-18(16)26-15-10-7-6-8-11-15/h6-13H,5,14H2,1-4H3,(H,22,24). The summed E-state index contributed by atoms with van der Waals surface area (Å²) in [5.74, 6) is -0.364. The molecule has 0 saturated carbocycles. The highest BCUT2D eigenvalue weighted by Gasteiger charge is 2.23. The second-order valence-corrected chi connectivity index (χ2v) is 7.95. The summed E-state index contributed by atoms with van der Waals surface area (Å²) in [5, 5.41) is 3.53. The van der Waals surface area contributed by atoms with Gasteiger partial charge in [-0.1, -0.05) is 30.0 Å². The van der Waals surface area contributed by atoms with E-state index in [1.54, 1.807) is 18.3 Å². The number of hydrogen-bond acceptors (Lipinski definition) is 4. The lowest BCUT2D eigenvalue weighted by Gasteiger charge is -2.25. The lowest BCUT2D eigenvalue weighted by atomic mass is 10.1. The lowest BCUT2D eigenvalue weighted by Crippen LogP contribution is -2.47. The van der Waals surface area contributed by atoms with Crippen LogP contribution in [0.15, 0.2) is 58.6 Å². The van der Waals surface area contributed by atoms with Crippen molar-refractivity contribution in [3.8, 4) is 0 Å². The molecule has 2 aromatic rings. The number of hydrogen-bond donors (Lipinski definition) is 1. The Kier molecular flexibility index (Phi) is 6.80. The Morgan fingerprint density at radius 2 is 1.81 bits per heavy atom. The molecule has 26 heavy (non-hydrogen) atoms.